The molecular weight excluding hydrogens is 803 g/mol. The zero-order valence-corrected chi connectivity index (χ0v) is 36.1. The van der Waals surface area contributed by atoms with Crippen molar-refractivity contribution in [2.24, 2.45) is 10.7 Å². The molecule has 0 aliphatic heterocycles. The highest BCUT2D eigenvalue weighted by Gasteiger charge is 2.21. The van der Waals surface area contributed by atoms with E-state index in [1.165, 1.54) is 0 Å². The van der Waals surface area contributed by atoms with E-state index in [1.807, 2.05) is 66.8 Å². The van der Waals surface area contributed by atoms with E-state index in [2.05, 4.69) is 181 Å². The number of aliphatic imine (C=N–C) groups is 1. The van der Waals surface area contributed by atoms with Crippen LogP contribution in [0.15, 0.2) is 254 Å². The Labute approximate surface area is 384 Å². The number of fused-ring (bicyclic) bond motifs is 3. The molecule has 0 fully saturated rings. The molecule has 10 aromatic rings. The second kappa shape index (κ2) is 17.3. The molecule has 1 aliphatic carbocycles. The van der Waals surface area contributed by atoms with Gasteiger partial charge in [0, 0.05) is 27.8 Å². The predicted octanol–water partition coefficient (Wildman–Crippen LogP) is 14.8. The molecule has 0 spiro atoms. The van der Waals surface area contributed by atoms with Crippen molar-refractivity contribution in [3.05, 3.63) is 260 Å². The molecule has 66 heavy (non-hydrogen) atoms. The summed E-state index contributed by atoms with van der Waals surface area (Å²) in [5.41, 5.74) is 24.1. The summed E-state index contributed by atoms with van der Waals surface area (Å²) in [7, 11) is 0. The van der Waals surface area contributed by atoms with Crippen LogP contribution >= 0.6 is 0 Å². The molecule has 0 radical (unpaired) electrons. The lowest BCUT2D eigenvalue weighted by molar-refractivity contribution is 1.11. The maximum atomic E-state index is 6.92. The SMILES string of the molecule is C=C1C=CC=CC1=N/C(=C(\N)c1ccccc1)c1cccc(-c2cccc(-c3cccc(-c4cccc(-c5nc(-c6ccccc6)c6c7ccccc7n(-c7ccccc7)c6n5)c4)c3)c2)c1. The van der Waals surface area contributed by atoms with Crippen LogP contribution in [0.2, 0.25) is 0 Å². The van der Waals surface area contributed by atoms with E-state index >= 15 is 0 Å². The summed E-state index contributed by atoms with van der Waals surface area (Å²) in [6.45, 7) is 4.23. The lowest BCUT2D eigenvalue weighted by Crippen LogP contribution is -2.04. The fourth-order valence-corrected chi connectivity index (χ4v) is 8.84. The number of nitrogens with zero attached hydrogens (tertiary/aromatic N) is 4. The topological polar surface area (TPSA) is 69.1 Å². The van der Waals surface area contributed by atoms with Crippen LogP contribution in [0.5, 0.6) is 0 Å². The van der Waals surface area contributed by atoms with Crippen LogP contribution < -0.4 is 5.73 Å². The van der Waals surface area contributed by atoms with Gasteiger partial charge in [0.25, 0.3) is 0 Å². The number of benzene rings is 8. The first-order valence-electron chi connectivity index (χ1n) is 22.1. The van der Waals surface area contributed by atoms with E-state index in [0.29, 0.717) is 17.2 Å². The number of aromatic nitrogens is 3. The van der Waals surface area contributed by atoms with Gasteiger partial charge in [-0.3, -0.25) is 4.57 Å². The second-order valence-electron chi connectivity index (χ2n) is 16.3. The minimum Gasteiger partial charge on any atom is -0.396 e. The minimum atomic E-state index is 0.602. The molecule has 0 atom stereocenters. The average molecular weight is 846 g/mol. The van der Waals surface area contributed by atoms with Gasteiger partial charge < -0.3 is 5.73 Å². The first-order valence-corrected chi connectivity index (χ1v) is 22.1. The van der Waals surface area contributed by atoms with Crippen molar-refractivity contribution < 1.29 is 0 Å². The monoisotopic (exact) mass is 845 g/mol. The quantitative estimate of drug-likeness (QED) is 0.147. The van der Waals surface area contributed by atoms with Gasteiger partial charge in [-0.05, 0) is 93.1 Å². The third-order valence-corrected chi connectivity index (χ3v) is 12.1. The van der Waals surface area contributed by atoms with Crippen LogP contribution in [-0.4, -0.2) is 20.2 Å². The summed E-state index contributed by atoms with van der Waals surface area (Å²) in [5.74, 6) is 0.668. The Morgan fingerprint density at radius 3 is 1.62 bits per heavy atom. The van der Waals surface area contributed by atoms with Crippen molar-refractivity contribution in [1.82, 2.24) is 14.5 Å². The number of nitrogens with two attached hydrogens (primary N) is 1. The van der Waals surface area contributed by atoms with Gasteiger partial charge in [0.05, 0.1) is 33.7 Å². The van der Waals surface area contributed by atoms with Gasteiger partial charge in [0.2, 0.25) is 0 Å². The molecule has 5 nitrogen and oxygen atoms in total. The van der Waals surface area contributed by atoms with E-state index in [9.17, 15) is 0 Å². The predicted molar refractivity (Wildman–Crippen MR) is 276 cm³/mol. The molecule has 2 aromatic heterocycles. The van der Waals surface area contributed by atoms with Crippen molar-refractivity contribution in [3.8, 4) is 61.7 Å². The molecule has 0 saturated heterocycles. The smallest absolute Gasteiger partial charge is 0.162 e. The van der Waals surface area contributed by atoms with Crippen LogP contribution in [0, 0.1) is 0 Å². The van der Waals surface area contributed by atoms with Crippen LogP contribution in [0.25, 0.3) is 95.0 Å². The van der Waals surface area contributed by atoms with Crippen molar-refractivity contribution in [1.29, 1.82) is 0 Å². The largest absolute Gasteiger partial charge is 0.396 e. The molecule has 5 heteroatoms. The second-order valence-corrected chi connectivity index (χ2v) is 16.3. The first-order chi connectivity index (χ1) is 32.6. The molecule has 2 heterocycles. The molecule has 0 bridgehead atoms. The Bertz CT molecular complexity index is 3590. The molecule has 0 amide bonds. The fourth-order valence-electron chi connectivity index (χ4n) is 8.84. The summed E-state index contributed by atoms with van der Waals surface area (Å²) >= 11 is 0. The van der Waals surface area contributed by atoms with Crippen molar-refractivity contribution in [2.75, 3.05) is 0 Å². The average Bonchev–Trinajstić information content (AvgIpc) is 3.73. The molecule has 11 rings (SSSR count). The molecule has 312 valence electrons. The zero-order chi connectivity index (χ0) is 44.4. The maximum absolute atomic E-state index is 6.92. The van der Waals surface area contributed by atoms with Gasteiger partial charge in [-0.1, -0.05) is 195 Å². The Morgan fingerprint density at radius 2 is 0.970 bits per heavy atom. The molecule has 0 unspecified atom stereocenters. The molecule has 8 aromatic carbocycles. The Hall–Kier alpha value is -8.93. The highest BCUT2D eigenvalue weighted by Crippen LogP contribution is 2.39. The number of hydrogen-bond donors (Lipinski definition) is 1. The van der Waals surface area contributed by atoms with Crippen molar-refractivity contribution in [3.63, 3.8) is 0 Å². The van der Waals surface area contributed by atoms with Gasteiger partial charge in [0.15, 0.2) is 5.82 Å². The highest BCUT2D eigenvalue weighted by molar-refractivity contribution is 6.15. The molecule has 1 aliphatic rings. The highest BCUT2D eigenvalue weighted by atomic mass is 15.1. The lowest BCUT2D eigenvalue weighted by Gasteiger charge is -2.14. The molecular formula is C61H43N5. The van der Waals surface area contributed by atoms with Crippen LogP contribution in [0.3, 0.4) is 0 Å². The van der Waals surface area contributed by atoms with Crippen molar-refractivity contribution in [2.45, 2.75) is 0 Å². The molecule has 2 N–H and O–H groups in total. The van der Waals surface area contributed by atoms with E-state index < -0.39 is 0 Å². The number of para-hydroxylation sites is 2. The first kappa shape index (κ1) is 39.9. The maximum Gasteiger partial charge on any atom is 0.162 e. The standard InChI is InChI=1S/C61H43N5/c1-41-19-11-13-35-54(41)63-59(57(62)42-20-5-2-6-21-42)50-30-17-28-48(39-50)46-26-15-24-44(37-46)45-25-16-27-47(38-45)49-29-18-31-51(40-49)60-64-58(43-22-7-3-8-23-43)56-53-34-12-14-36-55(53)66(61(56)65-60)52-32-9-4-10-33-52/h2-40H,1,62H2/b59-57-,63-54?. The molecule has 0 saturated carbocycles. The summed E-state index contributed by atoms with van der Waals surface area (Å²) in [6, 6.07) is 73.8. The van der Waals surface area contributed by atoms with Gasteiger partial charge in [-0.15, -0.1) is 0 Å². The number of rotatable bonds is 9. The summed E-state index contributed by atoms with van der Waals surface area (Å²) < 4.78 is 2.26. The number of allylic oxidation sites excluding steroid dienone is 5. The van der Waals surface area contributed by atoms with Gasteiger partial charge in [-0.2, -0.15) is 0 Å². The Morgan fingerprint density at radius 1 is 0.470 bits per heavy atom. The Balaban J connectivity index is 0.967. The van der Waals surface area contributed by atoms with Crippen LogP contribution in [0.1, 0.15) is 11.1 Å². The summed E-state index contributed by atoms with van der Waals surface area (Å²) in [6.07, 6.45) is 7.88. The minimum absolute atomic E-state index is 0.602. The van der Waals surface area contributed by atoms with Gasteiger partial charge >= 0.3 is 0 Å². The van der Waals surface area contributed by atoms with Gasteiger partial charge in [-0.25, -0.2) is 15.0 Å². The van der Waals surface area contributed by atoms with Crippen LogP contribution in [0.4, 0.5) is 0 Å². The van der Waals surface area contributed by atoms with Gasteiger partial charge in [0.1, 0.15) is 5.65 Å². The number of hydrogen-bond acceptors (Lipinski definition) is 4. The van der Waals surface area contributed by atoms with Crippen molar-refractivity contribution >= 4 is 39.0 Å². The lowest BCUT2D eigenvalue weighted by atomic mass is 9.94. The van der Waals surface area contributed by atoms with E-state index in [-0.39, 0.29) is 0 Å². The third-order valence-electron chi connectivity index (χ3n) is 12.1. The Kier molecular flexibility index (Phi) is 10.5. The summed E-state index contributed by atoms with van der Waals surface area (Å²) in [4.78, 5) is 15.9. The van der Waals surface area contributed by atoms with E-state index in [4.69, 9.17) is 20.7 Å². The normalized spacial score (nSPS) is 13.4. The fraction of sp³-hybridized carbons (Fsp3) is 0. The van der Waals surface area contributed by atoms with Crippen LogP contribution in [-0.2, 0) is 0 Å². The van der Waals surface area contributed by atoms with E-state index in [1.54, 1.807) is 0 Å². The third kappa shape index (κ3) is 7.65. The zero-order valence-electron chi connectivity index (χ0n) is 36.1. The summed E-state index contributed by atoms with van der Waals surface area (Å²) in [5, 5.41) is 2.15. The van der Waals surface area contributed by atoms with E-state index in [0.717, 1.165) is 100 Å².